The normalized spacial score (nSPS) is 11.0. The number of aromatic nitrogens is 4. The predicted octanol–water partition coefficient (Wildman–Crippen LogP) is 3.12. The molecule has 1 amide bonds. The molecule has 2 heterocycles. The molecule has 0 aliphatic heterocycles. The maximum Gasteiger partial charge on any atom is 0.275 e. The predicted molar refractivity (Wildman–Crippen MR) is 112 cm³/mol. The van der Waals surface area contributed by atoms with Crippen molar-refractivity contribution in [3.05, 3.63) is 81.8 Å². The first-order chi connectivity index (χ1) is 13.9. The molecule has 2 aromatic heterocycles. The lowest BCUT2D eigenvalue weighted by atomic mass is 10.1. The fraction of sp³-hybridized carbons (Fsp3) is 0.182. The minimum absolute atomic E-state index is 0.0232. The SMILES string of the molecule is Cc1ccc(NC(=O)Cn2c(C)cc(=O)n3nc(-c4ccccc4C)nc23)cc1. The number of carbonyl (C=O) groups is 1. The van der Waals surface area contributed by atoms with E-state index in [0.29, 0.717) is 17.3 Å². The second-order valence-electron chi connectivity index (χ2n) is 7.09. The molecular weight excluding hydrogens is 366 g/mol. The van der Waals surface area contributed by atoms with Gasteiger partial charge < -0.3 is 9.88 Å². The Morgan fingerprint density at radius 2 is 1.76 bits per heavy atom. The van der Waals surface area contributed by atoms with Gasteiger partial charge in [0.2, 0.25) is 11.7 Å². The van der Waals surface area contributed by atoms with Crippen LogP contribution in [0.15, 0.2) is 59.4 Å². The monoisotopic (exact) mass is 387 g/mol. The van der Waals surface area contributed by atoms with Crippen LogP contribution in [0, 0.1) is 20.8 Å². The lowest BCUT2D eigenvalue weighted by molar-refractivity contribution is -0.116. The zero-order valence-corrected chi connectivity index (χ0v) is 16.5. The summed E-state index contributed by atoms with van der Waals surface area (Å²) in [5.74, 6) is 0.591. The van der Waals surface area contributed by atoms with Crippen LogP contribution in [0.3, 0.4) is 0 Å². The van der Waals surface area contributed by atoms with Gasteiger partial charge in [-0.25, -0.2) is 0 Å². The highest BCUT2D eigenvalue weighted by molar-refractivity contribution is 5.90. The minimum atomic E-state index is -0.278. The fourth-order valence-corrected chi connectivity index (χ4v) is 3.22. The Kier molecular flexibility index (Phi) is 4.72. The molecule has 4 rings (SSSR count). The standard InChI is InChI=1S/C22H21N5O2/c1-14-8-10-17(11-9-14)23-19(28)13-26-16(3)12-20(29)27-22(26)24-21(25-27)18-7-5-4-6-15(18)2/h4-12H,13H2,1-3H3,(H,23,28). The number of nitrogens with one attached hydrogen (secondary N) is 1. The molecule has 0 atom stereocenters. The van der Waals surface area contributed by atoms with Crippen LogP contribution in [0.1, 0.15) is 16.8 Å². The lowest BCUT2D eigenvalue weighted by Crippen LogP contribution is -2.25. The first kappa shape index (κ1) is 18.6. The summed E-state index contributed by atoms with van der Waals surface area (Å²) in [6.45, 7) is 5.76. The van der Waals surface area contributed by atoms with Crippen molar-refractivity contribution in [1.82, 2.24) is 19.2 Å². The van der Waals surface area contributed by atoms with E-state index in [1.165, 1.54) is 10.6 Å². The molecule has 4 aromatic rings. The molecule has 7 heteroatoms. The van der Waals surface area contributed by atoms with E-state index in [0.717, 1.165) is 22.4 Å². The van der Waals surface area contributed by atoms with E-state index in [9.17, 15) is 9.59 Å². The van der Waals surface area contributed by atoms with E-state index in [1.54, 1.807) is 11.5 Å². The Hall–Kier alpha value is -3.74. The number of rotatable bonds is 4. The van der Waals surface area contributed by atoms with Crippen molar-refractivity contribution in [2.45, 2.75) is 27.3 Å². The molecule has 7 nitrogen and oxygen atoms in total. The van der Waals surface area contributed by atoms with E-state index in [4.69, 9.17) is 0 Å². The highest BCUT2D eigenvalue weighted by Gasteiger charge is 2.16. The van der Waals surface area contributed by atoms with Gasteiger partial charge in [-0.05, 0) is 38.5 Å². The summed E-state index contributed by atoms with van der Waals surface area (Å²) >= 11 is 0. The summed E-state index contributed by atoms with van der Waals surface area (Å²) in [5.41, 5.74) is 4.07. The maximum atomic E-state index is 12.6. The first-order valence-corrected chi connectivity index (χ1v) is 9.32. The molecule has 146 valence electrons. The van der Waals surface area contributed by atoms with E-state index < -0.39 is 0 Å². The van der Waals surface area contributed by atoms with Crippen LogP contribution in [0.5, 0.6) is 0 Å². The summed E-state index contributed by atoms with van der Waals surface area (Å²) < 4.78 is 2.94. The van der Waals surface area contributed by atoms with E-state index in [1.807, 2.05) is 62.4 Å². The first-order valence-electron chi connectivity index (χ1n) is 9.32. The number of aryl methyl sites for hydroxylation is 3. The molecule has 0 aliphatic carbocycles. The number of fused-ring (bicyclic) bond motifs is 1. The molecule has 0 bridgehead atoms. The van der Waals surface area contributed by atoms with Crippen LogP contribution < -0.4 is 10.9 Å². The maximum absolute atomic E-state index is 12.6. The van der Waals surface area contributed by atoms with Crippen molar-refractivity contribution in [3.63, 3.8) is 0 Å². The minimum Gasteiger partial charge on any atom is -0.325 e. The number of benzene rings is 2. The Morgan fingerprint density at radius 1 is 1.03 bits per heavy atom. The molecule has 0 unspecified atom stereocenters. The third-order valence-corrected chi connectivity index (χ3v) is 4.82. The smallest absolute Gasteiger partial charge is 0.275 e. The average Bonchev–Trinajstić information content (AvgIpc) is 3.13. The largest absolute Gasteiger partial charge is 0.325 e. The summed E-state index contributed by atoms with van der Waals surface area (Å²) in [6.07, 6.45) is 0. The fourth-order valence-electron chi connectivity index (χ4n) is 3.22. The topological polar surface area (TPSA) is 81.3 Å². The molecule has 1 N–H and O–H groups in total. The third kappa shape index (κ3) is 3.67. The summed E-state index contributed by atoms with van der Waals surface area (Å²) in [5, 5.41) is 7.26. The van der Waals surface area contributed by atoms with E-state index in [2.05, 4.69) is 15.4 Å². The average molecular weight is 387 g/mol. The van der Waals surface area contributed by atoms with E-state index in [-0.39, 0.29) is 18.0 Å². The highest BCUT2D eigenvalue weighted by Crippen LogP contribution is 2.20. The van der Waals surface area contributed by atoms with Crippen LogP contribution in [0.4, 0.5) is 5.69 Å². The number of hydrogen-bond donors (Lipinski definition) is 1. The van der Waals surface area contributed by atoms with Crippen LogP contribution in [-0.2, 0) is 11.3 Å². The Bertz CT molecular complexity index is 1270. The van der Waals surface area contributed by atoms with Crippen LogP contribution in [-0.4, -0.2) is 25.1 Å². The summed E-state index contributed by atoms with van der Waals surface area (Å²) in [7, 11) is 0. The Labute approximate surface area is 167 Å². The molecule has 0 aliphatic rings. The van der Waals surface area contributed by atoms with Crippen molar-refractivity contribution < 1.29 is 4.79 Å². The molecule has 0 spiro atoms. The summed E-state index contributed by atoms with van der Waals surface area (Å²) in [4.78, 5) is 29.6. The van der Waals surface area contributed by atoms with Crippen molar-refractivity contribution in [2.75, 3.05) is 5.32 Å². The molecule has 2 aromatic carbocycles. The number of amides is 1. The molecule has 0 fully saturated rings. The molecule has 0 saturated heterocycles. The Morgan fingerprint density at radius 3 is 2.48 bits per heavy atom. The molecule has 29 heavy (non-hydrogen) atoms. The van der Waals surface area contributed by atoms with Gasteiger partial charge in [0, 0.05) is 23.0 Å². The van der Waals surface area contributed by atoms with E-state index >= 15 is 0 Å². The van der Waals surface area contributed by atoms with Crippen molar-refractivity contribution in [1.29, 1.82) is 0 Å². The number of anilines is 1. The number of hydrogen-bond acceptors (Lipinski definition) is 4. The quantitative estimate of drug-likeness (QED) is 0.583. The highest BCUT2D eigenvalue weighted by atomic mass is 16.2. The molecule has 0 saturated carbocycles. The van der Waals surface area contributed by atoms with Gasteiger partial charge in [-0.2, -0.15) is 9.50 Å². The lowest BCUT2D eigenvalue weighted by Gasteiger charge is -2.11. The van der Waals surface area contributed by atoms with Gasteiger partial charge in [-0.3, -0.25) is 9.59 Å². The van der Waals surface area contributed by atoms with Gasteiger partial charge in [0.1, 0.15) is 6.54 Å². The number of carbonyl (C=O) groups excluding carboxylic acids is 1. The van der Waals surface area contributed by atoms with Crippen molar-refractivity contribution in [3.8, 4) is 11.4 Å². The zero-order valence-electron chi connectivity index (χ0n) is 16.5. The van der Waals surface area contributed by atoms with Gasteiger partial charge in [-0.15, -0.1) is 5.10 Å². The van der Waals surface area contributed by atoms with Gasteiger partial charge in [0.15, 0.2) is 5.82 Å². The summed E-state index contributed by atoms with van der Waals surface area (Å²) in [6, 6.07) is 16.8. The van der Waals surface area contributed by atoms with Gasteiger partial charge in [0.25, 0.3) is 5.56 Å². The molecule has 0 radical (unpaired) electrons. The van der Waals surface area contributed by atoms with Crippen molar-refractivity contribution in [2.24, 2.45) is 0 Å². The molecular formula is C22H21N5O2. The Balaban J connectivity index is 1.72. The van der Waals surface area contributed by atoms with Gasteiger partial charge in [-0.1, -0.05) is 42.0 Å². The van der Waals surface area contributed by atoms with Crippen LogP contribution in [0.25, 0.3) is 17.2 Å². The van der Waals surface area contributed by atoms with Crippen molar-refractivity contribution >= 4 is 17.4 Å². The zero-order chi connectivity index (χ0) is 20.5. The van der Waals surface area contributed by atoms with Gasteiger partial charge >= 0.3 is 0 Å². The third-order valence-electron chi connectivity index (χ3n) is 4.82. The number of nitrogens with zero attached hydrogens (tertiary/aromatic N) is 4. The van der Waals surface area contributed by atoms with Crippen LogP contribution >= 0.6 is 0 Å². The van der Waals surface area contributed by atoms with Crippen LogP contribution in [0.2, 0.25) is 0 Å². The second-order valence-corrected chi connectivity index (χ2v) is 7.09. The van der Waals surface area contributed by atoms with Gasteiger partial charge in [0.05, 0.1) is 0 Å². The second kappa shape index (κ2) is 7.35.